The van der Waals surface area contributed by atoms with Gasteiger partial charge in [-0.2, -0.15) is 0 Å². The van der Waals surface area contributed by atoms with Gasteiger partial charge in [0.05, 0.1) is 17.9 Å². The molecule has 0 spiro atoms. The zero-order valence-electron chi connectivity index (χ0n) is 12.9. The summed E-state index contributed by atoms with van der Waals surface area (Å²) in [6.07, 6.45) is 0.925. The minimum absolute atomic E-state index is 0.0396. The molecule has 1 aliphatic heterocycles. The second kappa shape index (κ2) is 6.56. The summed E-state index contributed by atoms with van der Waals surface area (Å²) < 4.78 is 11.1. The summed E-state index contributed by atoms with van der Waals surface area (Å²) in [5, 5.41) is 0. The lowest BCUT2D eigenvalue weighted by molar-refractivity contribution is -0.127. The number of hydrogen-bond donors (Lipinski definition) is 1. The fourth-order valence-corrected chi connectivity index (χ4v) is 2.23. The molecule has 1 aliphatic rings. The van der Waals surface area contributed by atoms with Crippen LogP contribution in [0.4, 0.5) is 11.4 Å². The summed E-state index contributed by atoms with van der Waals surface area (Å²) in [7, 11) is 3.50. The highest BCUT2D eigenvalue weighted by Crippen LogP contribution is 2.38. The van der Waals surface area contributed by atoms with Crippen molar-refractivity contribution in [1.29, 1.82) is 0 Å². The number of carbonyl (C=O) groups is 1. The number of rotatable bonds is 5. The molecule has 2 rings (SSSR count). The van der Waals surface area contributed by atoms with E-state index in [1.54, 1.807) is 25.1 Å². The molecule has 1 aromatic rings. The van der Waals surface area contributed by atoms with Crippen LogP contribution in [0.25, 0.3) is 0 Å². The number of ether oxygens (including phenoxy) is 2. The third-order valence-electron chi connectivity index (χ3n) is 3.35. The summed E-state index contributed by atoms with van der Waals surface area (Å²) in [5.41, 5.74) is 7.54. The van der Waals surface area contributed by atoms with Gasteiger partial charge in [0.1, 0.15) is 13.2 Å². The Kier molecular flexibility index (Phi) is 4.77. The summed E-state index contributed by atoms with van der Waals surface area (Å²) in [5.74, 6) is 1.39. The van der Waals surface area contributed by atoms with Crippen LogP contribution in [0, 0.1) is 0 Å². The van der Waals surface area contributed by atoms with Gasteiger partial charge in [0.25, 0.3) is 0 Å². The van der Waals surface area contributed by atoms with Crippen LogP contribution in [0.2, 0.25) is 0 Å². The molecular formula is C15H23N3O3. The van der Waals surface area contributed by atoms with E-state index < -0.39 is 0 Å². The first kappa shape index (κ1) is 15.3. The average molecular weight is 293 g/mol. The molecule has 1 aromatic carbocycles. The van der Waals surface area contributed by atoms with Crippen LogP contribution in [0.3, 0.4) is 0 Å². The lowest BCUT2D eigenvalue weighted by atomic mass is 10.2. The zero-order chi connectivity index (χ0) is 15.4. The number of amides is 1. The van der Waals surface area contributed by atoms with Crippen molar-refractivity contribution in [1.82, 2.24) is 4.90 Å². The van der Waals surface area contributed by atoms with Crippen LogP contribution < -0.4 is 20.1 Å². The number of fused-ring (bicyclic) bond motifs is 1. The molecule has 2 N–H and O–H groups in total. The van der Waals surface area contributed by atoms with Gasteiger partial charge in [-0.05, 0) is 6.42 Å². The largest absolute Gasteiger partial charge is 0.486 e. The number of carbonyl (C=O) groups excluding carboxylic acids is 1. The molecule has 1 amide bonds. The third-order valence-corrected chi connectivity index (χ3v) is 3.35. The standard InChI is InChI=1S/C15H23N3O3/c1-4-5-18(10-15(19)17(2)3)12-9-14-13(8-11(12)16)20-6-7-21-14/h8-9H,4-7,10,16H2,1-3H3. The first-order valence-electron chi connectivity index (χ1n) is 7.17. The summed E-state index contributed by atoms with van der Waals surface area (Å²) in [4.78, 5) is 15.6. The monoisotopic (exact) mass is 293 g/mol. The number of anilines is 2. The van der Waals surface area contributed by atoms with Crippen LogP contribution >= 0.6 is 0 Å². The molecule has 116 valence electrons. The summed E-state index contributed by atoms with van der Waals surface area (Å²) in [6.45, 7) is 4.18. The van der Waals surface area contributed by atoms with E-state index in [0.29, 0.717) is 36.9 Å². The number of likely N-dealkylation sites (N-methyl/N-ethyl adjacent to an activating group) is 1. The Bertz CT molecular complexity index is 517. The van der Waals surface area contributed by atoms with Crippen LogP contribution in [-0.4, -0.2) is 51.2 Å². The molecule has 6 heteroatoms. The molecule has 0 atom stereocenters. The van der Waals surface area contributed by atoms with Crippen molar-refractivity contribution >= 4 is 17.3 Å². The zero-order valence-corrected chi connectivity index (χ0v) is 12.9. The Hall–Kier alpha value is -2.11. The van der Waals surface area contributed by atoms with Crippen molar-refractivity contribution in [2.24, 2.45) is 0 Å². The minimum Gasteiger partial charge on any atom is -0.486 e. The van der Waals surface area contributed by atoms with Gasteiger partial charge in [-0.3, -0.25) is 4.79 Å². The maximum Gasteiger partial charge on any atom is 0.241 e. The van der Waals surface area contributed by atoms with Gasteiger partial charge < -0.3 is 25.0 Å². The Morgan fingerprint density at radius 2 is 1.86 bits per heavy atom. The van der Waals surface area contributed by atoms with Gasteiger partial charge in [0.2, 0.25) is 5.91 Å². The molecule has 0 radical (unpaired) electrons. The highest BCUT2D eigenvalue weighted by molar-refractivity contribution is 5.83. The van der Waals surface area contributed by atoms with E-state index in [-0.39, 0.29) is 5.91 Å². The van der Waals surface area contributed by atoms with E-state index in [4.69, 9.17) is 15.2 Å². The first-order chi connectivity index (χ1) is 10.0. The van der Waals surface area contributed by atoms with Crippen molar-refractivity contribution in [3.05, 3.63) is 12.1 Å². The lowest BCUT2D eigenvalue weighted by Crippen LogP contribution is -2.37. The molecule has 0 fully saturated rings. The topological polar surface area (TPSA) is 68.0 Å². The molecule has 0 saturated heterocycles. The Morgan fingerprint density at radius 1 is 1.24 bits per heavy atom. The quantitative estimate of drug-likeness (QED) is 0.830. The maximum absolute atomic E-state index is 12.0. The van der Waals surface area contributed by atoms with Crippen molar-refractivity contribution in [2.45, 2.75) is 13.3 Å². The van der Waals surface area contributed by atoms with Gasteiger partial charge in [0.15, 0.2) is 11.5 Å². The SMILES string of the molecule is CCCN(CC(=O)N(C)C)c1cc2c(cc1N)OCCO2. The van der Waals surface area contributed by atoms with E-state index in [1.165, 1.54) is 0 Å². The molecule has 0 bridgehead atoms. The number of benzene rings is 1. The van der Waals surface area contributed by atoms with Crippen molar-refractivity contribution in [3.63, 3.8) is 0 Å². The van der Waals surface area contributed by atoms with E-state index in [9.17, 15) is 4.79 Å². The predicted octanol–water partition coefficient (Wildman–Crippen LogP) is 1.34. The Morgan fingerprint density at radius 3 is 2.43 bits per heavy atom. The second-order valence-corrected chi connectivity index (χ2v) is 5.26. The average Bonchev–Trinajstić information content (AvgIpc) is 2.46. The second-order valence-electron chi connectivity index (χ2n) is 5.26. The van der Waals surface area contributed by atoms with E-state index in [2.05, 4.69) is 6.92 Å². The van der Waals surface area contributed by atoms with Crippen LogP contribution in [-0.2, 0) is 4.79 Å². The van der Waals surface area contributed by atoms with Crippen molar-refractivity contribution < 1.29 is 14.3 Å². The van der Waals surface area contributed by atoms with E-state index in [0.717, 1.165) is 18.7 Å². The Balaban J connectivity index is 2.28. The fraction of sp³-hybridized carbons (Fsp3) is 0.533. The van der Waals surface area contributed by atoms with Crippen LogP contribution in [0.15, 0.2) is 12.1 Å². The van der Waals surface area contributed by atoms with Gasteiger partial charge in [-0.15, -0.1) is 0 Å². The minimum atomic E-state index is 0.0396. The molecule has 0 saturated carbocycles. The van der Waals surface area contributed by atoms with E-state index >= 15 is 0 Å². The Labute approximate surface area is 125 Å². The molecule has 0 aromatic heterocycles. The number of nitrogens with zero attached hydrogens (tertiary/aromatic N) is 2. The normalized spacial score (nSPS) is 12.9. The number of nitrogens with two attached hydrogens (primary N) is 1. The number of nitrogen functional groups attached to an aromatic ring is 1. The molecule has 6 nitrogen and oxygen atoms in total. The van der Waals surface area contributed by atoms with Crippen molar-refractivity contribution in [2.75, 3.05) is 51.0 Å². The van der Waals surface area contributed by atoms with Crippen LogP contribution in [0.5, 0.6) is 11.5 Å². The molecule has 0 unspecified atom stereocenters. The third kappa shape index (κ3) is 3.51. The molecular weight excluding hydrogens is 270 g/mol. The molecule has 21 heavy (non-hydrogen) atoms. The van der Waals surface area contributed by atoms with Gasteiger partial charge in [-0.1, -0.05) is 6.92 Å². The first-order valence-corrected chi connectivity index (χ1v) is 7.17. The highest BCUT2D eigenvalue weighted by atomic mass is 16.6. The smallest absolute Gasteiger partial charge is 0.241 e. The molecule has 1 heterocycles. The summed E-state index contributed by atoms with van der Waals surface area (Å²) in [6, 6.07) is 3.63. The lowest BCUT2D eigenvalue weighted by Gasteiger charge is -2.28. The van der Waals surface area contributed by atoms with Gasteiger partial charge >= 0.3 is 0 Å². The van der Waals surface area contributed by atoms with Gasteiger partial charge in [0, 0.05) is 32.8 Å². The summed E-state index contributed by atoms with van der Waals surface area (Å²) >= 11 is 0. The van der Waals surface area contributed by atoms with E-state index in [1.807, 2.05) is 11.0 Å². The highest BCUT2D eigenvalue weighted by Gasteiger charge is 2.20. The van der Waals surface area contributed by atoms with Crippen molar-refractivity contribution in [3.8, 4) is 11.5 Å². The fourth-order valence-electron chi connectivity index (χ4n) is 2.23. The predicted molar refractivity (Wildman–Crippen MR) is 83.0 cm³/mol. The van der Waals surface area contributed by atoms with Crippen LogP contribution in [0.1, 0.15) is 13.3 Å². The van der Waals surface area contributed by atoms with Gasteiger partial charge in [-0.25, -0.2) is 0 Å². The molecule has 0 aliphatic carbocycles. The maximum atomic E-state index is 12.0. The number of hydrogen-bond acceptors (Lipinski definition) is 5.